The number of phenols is 1. The standard InChI is InChI=1S/C35H62O2Te/c1-8-9-10-11-12-13-25-38-34-31-22-24-35(7,37-33(31)30(6)26-32(34)36)23-16-21-29(5)20-15-19-28(4)18-14-17-27(2)3/h26-29,36H,8-25H2,1-7H3/t28-,29-,35-/m1/s1. The van der Waals surface area contributed by atoms with Crippen LogP contribution >= 0.6 is 0 Å². The average molecular weight is 642 g/mol. The van der Waals surface area contributed by atoms with Gasteiger partial charge in [0.1, 0.15) is 0 Å². The van der Waals surface area contributed by atoms with Gasteiger partial charge in [-0.1, -0.05) is 40.0 Å². The van der Waals surface area contributed by atoms with E-state index < -0.39 is 0 Å². The van der Waals surface area contributed by atoms with Crippen LogP contribution < -0.4 is 8.35 Å². The summed E-state index contributed by atoms with van der Waals surface area (Å²) >= 11 is -0.357. The van der Waals surface area contributed by atoms with Crippen LogP contribution in [0, 0.1) is 24.7 Å². The van der Waals surface area contributed by atoms with Gasteiger partial charge < -0.3 is 0 Å². The third-order valence-corrected chi connectivity index (χ3v) is 12.3. The zero-order valence-corrected chi connectivity index (χ0v) is 28.6. The van der Waals surface area contributed by atoms with Crippen LogP contribution in [0.4, 0.5) is 0 Å². The molecule has 220 valence electrons. The third-order valence-electron chi connectivity index (χ3n) is 8.76. The van der Waals surface area contributed by atoms with Gasteiger partial charge >= 0.3 is 197 Å². The minimum atomic E-state index is -0.357. The van der Waals surface area contributed by atoms with Gasteiger partial charge in [0.15, 0.2) is 0 Å². The predicted molar refractivity (Wildman–Crippen MR) is 168 cm³/mol. The molecule has 1 aromatic rings. The fraction of sp³-hybridized carbons (Fsp3) is 0.829. The Balaban J connectivity index is 1.76. The number of fused-ring (bicyclic) bond motifs is 1. The third kappa shape index (κ3) is 12.4. The average Bonchev–Trinajstić information content (AvgIpc) is 2.85. The molecule has 0 bridgehead atoms. The topological polar surface area (TPSA) is 29.5 Å². The van der Waals surface area contributed by atoms with E-state index >= 15 is 0 Å². The van der Waals surface area contributed by atoms with Crippen molar-refractivity contribution >= 4 is 24.5 Å². The van der Waals surface area contributed by atoms with Crippen molar-refractivity contribution in [1.82, 2.24) is 0 Å². The number of hydrogen-bond acceptors (Lipinski definition) is 2. The van der Waals surface area contributed by atoms with Crippen molar-refractivity contribution in [3.8, 4) is 11.5 Å². The van der Waals surface area contributed by atoms with Crippen LogP contribution in [0.5, 0.6) is 11.5 Å². The molecule has 0 saturated carbocycles. The maximum absolute atomic E-state index is 10.8. The SMILES string of the molecule is CCCCCCCC[Te]c1c(O)cc(C)c2c1CC[C@@](C)(CCC[C@H](C)CCC[C@H](C)CCCC(C)C)O2. The van der Waals surface area contributed by atoms with Gasteiger partial charge in [-0.3, -0.25) is 0 Å². The molecule has 3 heteroatoms. The number of phenolic OH excluding ortho intramolecular Hbond substituents is 1. The molecular formula is C35H62O2Te. The Kier molecular flexibility index (Phi) is 16.1. The summed E-state index contributed by atoms with van der Waals surface area (Å²) in [6, 6.07) is 1.98. The molecule has 0 saturated heterocycles. The van der Waals surface area contributed by atoms with Gasteiger partial charge in [0, 0.05) is 0 Å². The Morgan fingerprint density at radius 3 is 2.13 bits per heavy atom. The van der Waals surface area contributed by atoms with Crippen molar-refractivity contribution < 1.29 is 9.84 Å². The molecule has 0 unspecified atom stereocenters. The number of unbranched alkanes of at least 4 members (excludes halogenated alkanes) is 5. The monoisotopic (exact) mass is 644 g/mol. The van der Waals surface area contributed by atoms with Gasteiger partial charge in [0.2, 0.25) is 0 Å². The first-order valence-electron chi connectivity index (χ1n) is 16.3. The molecule has 1 aromatic carbocycles. The van der Waals surface area contributed by atoms with Crippen molar-refractivity contribution in [2.24, 2.45) is 17.8 Å². The van der Waals surface area contributed by atoms with Gasteiger partial charge in [-0.2, -0.15) is 0 Å². The number of benzene rings is 1. The number of ether oxygens (including phenoxy) is 1. The van der Waals surface area contributed by atoms with Crippen LogP contribution in [0.15, 0.2) is 6.07 Å². The molecular weight excluding hydrogens is 580 g/mol. The molecule has 1 N–H and O–H groups in total. The first-order chi connectivity index (χ1) is 18.1. The summed E-state index contributed by atoms with van der Waals surface area (Å²) in [6.45, 7) is 16.3. The molecule has 0 spiro atoms. The Bertz CT molecular complexity index is 789. The second-order valence-corrected chi connectivity index (χ2v) is 16.5. The van der Waals surface area contributed by atoms with E-state index in [1.54, 1.807) is 0 Å². The number of aryl methyl sites for hydroxylation is 1. The molecule has 0 radical (unpaired) electrons. The van der Waals surface area contributed by atoms with E-state index in [4.69, 9.17) is 4.74 Å². The molecule has 0 fully saturated rings. The van der Waals surface area contributed by atoms with E-state index in [9.17, 15) is 5.11 Å². The minimum absolute atomic E-state index is 0.0590. The summed E-state index contributed by atoms with van der Waals surface area (Å²) in [5.74, 6) is 4.21. The zero-order valence-electron chi connectivity index (χ0n) is 26.3. The maximum atomic E-state index is 10.8. The quantitative estimate of drug-likeness (QED) is 0.113. The van der Waals surface area contributed by atoms with Crippen molar-refractivity contribution in [2.75, 3.05) is 0 Å². The second-order valence-electron chi connectivity index (χ2n) is 13.4. The fourth-order valence-electron chi connectivity index (χ4n) is 6.08. The molecule has 2 rings (SSSR count). The van der Waals surface area contributed by atoms with Crippen molar-refractivity contribution in [1.29, 1.82) is 0 Å². The first kappa shape index (κ1) is 33.8. The molecule has 2 nitrogen and oxygen atoms in total. The summed E-state index contributed by atoms with van der Waals surface area (Å²) in [5, 5.41) is 10.8. The molecule has 38 heavy (non-hydrogen) atoms. The summed E-state index contributed by atoms with van der Waals surface area (Å²) < 4.78 is 9.36. The molecule has 0 amide bonds. The van der Waals surface area contributed by atoms with Gasteiger partial charge in [-0.25, -0.2) is 0 Å². The fourth-order valence-corrected chi connectivity index (χ4v) is 9.30. The van der Waals surface area contributed by atoms with E-state index in [0.29, 0.717) is 5.75 Å². The number of aromatic hydroxyl groups is 1. The van der Waals surface area contributed by atoms with E-state index in [1.165, 1.54) is 104 Å². The summed E-state index contributed by atoms with van der Waals surface area (Å²) in [6.07, 6.45) is 22.3. The van der Waals surface area contributed by atoms with Crippen LogP contribution in [0.25, 0.3) is 0 Å². The molecule has 3 atom stereocenters. The summed E-state index contributed by atoms with van der Waals surface area (Å²) in [4.78, 5) is 0. The van der Waals surface area contributed by atoms with Crippen LogP contribution in [-0.2, 0) is 6.42 Å². The van der Waals surface area contributed by atoms with E-state index in [-0.39, 0.29) is 26.5 Å². The zero-order chi connectivity index (χ0) is 28.0. The first-order valence-corrected chi connectivity index (χ1v) is 19.1. The Morgan fingerprint density at radius 1 is 0.868 bits per heavy atom. The van der Waals surface area contributed by atoms with E-state index in [2.05, 4.69) is 48.5 Å². The van der Waals surface area contributed by atoms with E-state index in [1.807, 2.05) is 6.07 Å². The van der Waals surface area contributed by atoms with Crippen LogP contribution in [-0.4, -0.2) is 31.6 Å². The number of rotatable bonds is 20. The molecule has 1 aliphatic heterocycles. The van der Waals surface area contributed by atoms with Crippen molar-refractivity contribution in [3.05, 3.63) is 17.2 Å². The Labute approximate surface area is 247 Å². The summed E-state index contributed by atoms with van der Waals surface area (Å²) in [7, 11) is 0. The van der Waals surface area contributed by atoms with Crippen LogP contribution in [0.2, 0.25) is 4.47 Å². The summed E-state index contributed by atoms with van der Waals surface area (Å²) in [5.41, 5.74) is 2.41. The van der Waals surface area contributed by atoms with Crippen LogP contribution in [0.3, 0.4) is 0 Å². The normalized spacial score (nSPS) is 18.8. The van der Waals surface area contributed by atoms with Gasteiger partial charge in [0.25, 0.3) is 0 Å². The van der Waals surface area contributed by atoms with Crippen molar-refractivity contribution in [3.63, 3.8) is 0 Å². The van der Waals surface area contributed by atoms with Gasteiger partial charge in [0.05, 0.1) is 0 Å². The van der Waals surface area contributed by atoms with Crippen LogP contribution in [0.1, 0.15) is 155 Å². The van der Waals surface area contributed by atoms with Crippen molar-refractivity contribution in [2.45, 2.75) is 168 Å². The Hall–Kier alpha value is -0.390. The molecule has 0 aromatic heterocycles. The van der Waals surface area contributed by atoms with E-state index in [0.717, 1.165) is 48.3 Å². The number of hydrogen-bond donors (Lipinski definition) is 1. The molecule has 0 aliphatic carbocycles. The predicted octanol–water partition coefficient (Wildman–Crippen LogP) is 10.3. The molecule has 1 aliphatic rings. The second kappa shape index (κ2) is 18.1. The van der Waals surface area contributed by atoms with Gasteiger partial charge in [-0.15, -0.1) is 0 Å². The molecule has 1 heterocycles. The van der Waals surface area contributed by atoms with Gasteiger partial charge in [-0.05, 0) is 11.8 Å². The Morgan fingerprint density at radius 2 is 1.47 bits per heavy atom.